The maximum absolute atomic E-state index is 12.6. The molecule has 1 aliphatic heterocycles. The first kappa shape index (κ1) is 25.3. The van der Waals surface area contributed by atoms with Crippen LogP contribution in [0.2, 0.25) is 0 Å². The highest BCUT2D eigenvalue weighted by atomic mass is 16.5. The Morgan fingerprint density at radius 3 is 2.25 bits per heavy atom. The van der Waals surface area contributed by atoms with Crippen LogP contribution in [-0.4, -0.2) is 45.3 Å². The molecule has 4 rings (SSSR count). The monoisotopic (exact) mass is 487 g/mol. The molecule has 188 valence electrons. The van der Waals surface area contributed by atoms with Gasteiger partial charge in [0.25, 0.3) is 0 Å². The van der Waals surface area contributed by atoms with Crippen LogP contribution in [0.15, 0.2) is 72.8 Å². The fourth-order valence-corrected chi connectivity index (χ4v) is 3.95. The van der Waals surface area contributed by atoms with Gasteiger partial charge in [0, 0.05) is 24.3 Å². The number of carbonyl (C=O) groups excluding carboxylic acids is 1. The number of anilines is 1. The molecule has 1 aliphatic rings. The minimum absolute atomic E-state index is 0.0237. The summed E-state index contributed by atoms with van der Waals surface area (Å²) in [5.41, 5.74) is 3.72. The van der Waals surface area contributed by atoms with Gasteiger partial charge in [0.15, 0.2) is 17.3 Å². The fraction of sp³-hybridized carbons (Fsp3) is 0.300. The van der Waals surface area contributed by atoms with Crippen molar-refractivity contribution in [2.24, 2.45) is 0 Å². The molecule has 6 nitrogen and oxygen atoms in total. The Bertz CT molecular complexity index is 1150. The van der Waals surface area contributed by atoms with Gasteiger partial charge in [-0.3, -0.25) is 4.79 Å². The van der Waals surface area contributed by atoms with Crippen LogP contribution in [0.4, 0.5) is 5.69 Å². The van der Waals surface area contributed by atoms with Gasteiger partial charge in [-0.2, -0.15) is 0 Å². The molecular weight excluding hydrogens is 454 g/mol. The van der Waals surface area contributed by atoms with Gasteiger partial charge in [-0.15, -0.1) is 0 Å². The zero-order chi connectivity index (χ0) is 25.2. The topological polar surface area (TPSA) is 57.2 Å². The molecule has 36 heavy (non-hydrogen) atoms. The van der Waals surface area contributed by atoms with E-state index in [0.29, 0.717) is 25.4 Å². The highest BCUT2D eigenvalue weighted by molar-refractivity contribution is 6.07. The number of ketones is 1. The molecule has 0 N–H and O–H groups in total. The van der Waals surface area contributed by atoms with E-state index in [0.717, 1.165) is 60.4 Å². The molecule has 0 spiro atoms. The molecule has 0 amide bonds. The molecule has 3 aromatic rings. The van der Waals surface area contributed by atoms with Crippen LogP contribution in [0.1, 0.15) is 35.3 Å². The first-order chi connectivity index (χ1) is 17.7. The van der Waals surface area contributed by atoms with E-state index < -0.39 is 0 Å². The van der Waals surface area contributed by atoms with E-state index in [1.807, 2.05) is 86.7 Å². The number of hydrogen-bond donors (Lipinski definition) is 0. The van der Waals surface area contributed by atoms with Crippen molar-refractivity contribution in [3.05, 3.63) is 89.5 Å². The van der Waals surface area contributed by atoms with Crippen molar-refractivity contribution in [3.63, 3.8) is 0 Å². The molecule has 0 bridgehead atoms. The van der Waals surface area contributed by atoms with E-state index in [9.17, 15) is 4.79 Å². The lowest BCUT2D eigenvalue weighted by Crippen LogP contribution is -2.36. The molecule has 3 aromatic carbocycles. The Hall–Kier alpha value is -3.77. The van der Waals surface area contributed by atoms with Crippen molar-refractivity contribution >= 4 is 17.5 Å². The highest BCUT2D eigenvalue weighted by Gasteiger charge is 2.12. The molecule has 0 radical (unpaired) electrons. The SMILES string of the molecule is CCOc1ccc(COc2ccc(/C=C/C(=O)c3ccc(N4CCOCC4)cc3)cc2)cc1OCC. The van der Waals surface area contributed by atoms with Crippen LogP contribution >= 0.6 is 0 Å². The minimum atomic E-state index is -0.0237. The zero-order valence-corrected chi connectivity index (χ0v) is 20.9. The Morgan fingerprint density at radius 1 is 0.861 bits per heavy atom. The van der Waals surface area contributed by atoms with Gasteiger partial charge in [0.2, 0.25) is 0 Å². The molecule has 0 aromatic heterocycles. The van der Waals surface area contributed by atoms with Crippen LogP contribution < -0.4 is 19.1 Å². The fourth-order valence-electron chi connectivity index (χ4n) is 3.95. The number of benzene rings is 3. The van der Waals surface area contributed by atoms with Crippen LogP contribution in [-0.2, 0) is 11.3 Å². The van der Waals surface area contributed by atoms with Crippen molar-refractivity contribution in [2.75, 3.05) is 44.4 Å². The van der Waals surface area contributed by atoms with Gasteiger partial charge in [0.05, 0.1) is 26.4 Å². The number of rotatable bonds is 11. The predicted octanol–water partition coefficient (Wildman–Crippen LogP) is 5.80. The number of ether oxygens (including phenoxy) is 4. The molecule has 1 fully saturated rings. The average Bonchev–Trinajstić information content (AvgIpc) is 2.93. The van der Waals surface area contributed by atoms with E-state index in [4.69, 9.17) is 18.9 Å². The van der Waals surface area contributed by atoms with Crippen molar-refractivity contribution in [3.8, 4) is 17.2 Å². The van der Waals surface area contributed by atoms with Crippen LogP contribution in [0.3, 0.4) is 0 Å². The van der Waals surface area contributed by atoms with Crippen molar-refractivity contribution in [1.29, 1.82) is 0 Å². The normalized spacial score (nSPS) is 13.6. The van der Waals surface area contributed by atoms with Gasteiger partial charge in [-0.05, 0) is 79.6 Å². The lowest BCUT2D eigenvalue weighted by Gasteiger charge is -2.28. The van der Waals surface area contributed by atoms with E-state index in [1.54, 1.807) is 6.08 Å². The molecule has 0 atom stereocenters. The number of hydrogen-bond acceptors (Lipinski definition) is 6. The Kier molecular flexibility index (Phi) is 9.00. The molecular formula is C30H33NO5. The average molecular weight is 488 g/mol. The third-order valence-corrected chi connectivity index (χ3v) is 5.85. The quantitative estimate of drug-likeness (QED) is 0.252. The summed E-state index contributed by atoms with van der Waals surface area (Å²) in [5.74, 6) is 2.19. The lowest BCUT2D eigenvalue weighted by atomic mass is 10.1. The van der Waals surface area contributed by atoms with E-state index >= 15 is 0 Å². The Morgan fingerprint density at radius 2 is 1.56 bits per heavy atom. The molecule has 0 aliphatic carbocycles. The van der Waals surface area contributed by atoms with E-state index in [1.165, 1.54) is 0 Å². The summed E-state index contributed by atoms with van der Waals surface area (Å²) in [7, 11) is 0. The van der Waals surface area contributed by atoms with Gasteiger partial charge in [0.1, 0.15) is 12.4 Å². The summed E-state index contributed by atoms with van der Waals surface area (Å²) in [5, 5.41) is 0. The molecule has 0 unspecified atom stereocenters. The van der Waals surface area contributed by atoms with Crippen molar-refractivity contribution in [2.45, 2.75) is 20.5 Å². The Labute approximate surface area is 213 Å². The largest absolute Gasteiger partial charge is 0.490 e. The summed E-state index contributed by atoms with van der Waals surface area (Å²) in [4.78, 5) is 14.9. The second kappa shape index (κ2) is 12.8. The van der Waals surface area contributed by atoms with Crippen LogP contribution in [0.5, 0.6) is 17.2 Å². The van der Waals surface area contributed by atoms with Crippen molar-refractivity contribution < 1.29 is 23.7 Å². The van der Waals surface area contributed by atoms with Crippen molar-refractivity contribution in [1.82, 2.24) is 0 Å². The second-order valence-electron chi connectivity index (χ2n) is 8.35. The third kappa shape index (κ3) is 6.89. The third-order valence-electron chi connectivity index (χ3n) is 5.85. The zero-order valence-electron chi connectivity index (χ0n) is 20.9. The number of allylic oxidation sites excluding steroid dienone is 1. The van der Waals surface area contributed by atoms with E-state index in [-0.39, 0.29) is 5.78 Å². The van der Waals surface area contributed by atoms with Crippen LogP contribution in [0.25, 0.3) is 6.08 Å². The first-order valence-electron chi connectivity index (χ1n) is 12.4. The summed E-state index contributed by atoms with van der Waals surface area (Å²) in [6.07, 6.45) is 3.43. The predicted molar refractivity (Wildman–Crippen MR) is 142 cm³/mol. The summed E-state index contributed by atoms with van der Waals surface area (Å²) in [6, 6.07) is 21.3. The lowest BCUT2D eigenvalue weighted by molar-refractivity contribution is 0.104. The first-order valence-corrected chi connectivity index (χ1v) is 12.4. The maximum Gasteiger partial charge on any atom is 0.185 e. The number of morpholine rings is 1. The number of carbonyl (C=O) groups is 1. The Balaban J connectivity index is 1.31. The van der Waals surface area contributed by atoms with Gasteiger partial charge in [-0.25, -0.2) is 0 Å². The standard InChI is InChI=1S/C30H33NO5/c1-3-34-29-16-8-24(21-30(29)35-4-2)22-36-27-13-5-23(6-14-27)7-15-28(32)25-9-11-26(12-10-25)31-17-19-33-20-18-31/h5-16,21H,3-4,17-20,22H2,1-2H3/b15-7+. The highest BCUT2D eigenvalue weighted by Crippen LogP contribution is 2.29. The minimum Gasteiger partial charge on any atom is -0.490 e. The van der Waals surface area contributed by atoms with Gasteiger partial charge >= 0.3 is 0 Å². The number of nitrogens with zero attached hydrogens (tertiary/aromatic N) is 1. The van der Waals surface area contributed by atoms with Gasteiger partial charge in [-0.1, -0.05) is 24.3 Å². The second-order valence-corrected chi connectivity index (χ2v) is 8.35. The molecule has 1 saturated heterocycles. The smallest absolute Gasteiger partial charge is 0.185 e. The van der Waals surface area contributed by atoms with Crippen LogP contribution in [0, 0.1) is 0 Å². The summed E-state index contributed by atoms with van der Waals surface area (Å²) >= 11 is 0. The van der Waals surface area contributed by atoms with E-state index in [2.05, 4.69) is 4.90 Å². The molecule has 1 heterocycles. The maximum atomic E-state index is 12.6. The summed E-state index contributed by atoms with van der Waals surface area (Å²) in [6.45, 7) is 8.71. The molecule has 0 saturated carbocycles. The van der Waals surface area contributed by atoms with Gasteiger partial charge < -0.3 is 23.8 Å². The molecule has 6 heteroatoms. The summed E-state index contributed by atoms with van der Waals surface area (Å²) < 4.78 is 22.6.